The lowest BCUT2D eigenvalue weighted by molar-refractivity contribution is -0.124. The molecule has 0 aliphatic heterocycles. The Morgan fingerprint density at radius 1 is 1.14 bits per heavy atom. The topological polar surface area (TPSA) is 92.8 Å². The van der Waals surface area contributed by atoms with E-state index >= 15 is 0 Å². The van der Waals surface area contributed by atoms with Gasteiger partial charge in [0.05, 0.1) is 10.5 Å². The minimum Gasteiger partial charge on any atom is -0.452 e. The molecule has 156 valence electrons. The summed E-state index contributed by atoms with van der Waals surface area (Å²) in [6.45, 7) is 1.67. The van der Waals surface area contributed by atoms with Crippen LogP contribution in [0.5, 0.6) is 0 Å². The summed E-state index contributed by atoms with van der Waals surface area (Å²) in [4.78, 5) is 23.8. The van der Waals surface area contributed by atoms with Crippen molar-refractivity contribution in [2.24, 2.45) is 0 Å². The number of sulfonamides is 1. The van der Waals surface area contributed by atoms with Crippen molar-refractivity contribution >= 4 is 21.9 Å². The highest BCUT2D eigenvalue weighted by Gasteiger charge is 2.22. The first kappa shape index (κ1) is 22.5. The van der Waals surface area contributed by atoms with Gasteiger partial charge in [0.15, 0.2) is 6.61 Å². The Bertz CT molecular complexity index is 978. The van der Waals surface area contributed by atoms with Crippen molar-refractivity contribution in [2.45, 2.75) is 17.7 Å². The van der Waals surface area contributed by atoms with Crippen molar-refractivity contribution in [1.29, 1.82) is 0 Å². The highest BCUT2D eigenvalue weighted by Crippen LogP contribution is 2.18. The van der Waals surface area contributed by atoms with Crippen LogP contribution in [0.3, 0.4) is 0 Å². The number of esters is 1. The molecule has 0 unspecified atom stereocenters. The van der Waals surface area contributed by atoms with E-state index in [-0.39, 0.29) is 10.8 Å². The molecule has 2 rings (SSSR count). The number of rotatable bonds is 8. The maximum absolute atomic E-state index is 14.0. The van der Waals surface area contributed by atoms with Crippen molar-refractivity contribution in [1.82, 2.24) is 9.62 Å². The lowest BCUT2D eigenvalue weighted by Crippen LogP contribution is -2.31. The molecule has 0 spiro atoms. The van der Waals surface area contributed by atoms with Crippen molar-refractivity contribution in [2.75, 3.05) is 27.2 Å². The summed E-state index contributed by atoms with van der Waals surface area (Å²) < 4.78 is 44.0. The second-order valence-corrected chi connectivity index (χ2v) is 8.77. The summed E-state index contributed by atoms with van der Waals surface area (Å²) in [5, 5.41) is 2.64. The fraction of sp³-hybridized carbons (Fsp3) is 0.300. The molecule has 0 saturated carbocycles. The second kappa shape index (κ2) is 9.62. The molecule has 0 fully saturated rings. The van der Waals surface area contributed by atoms with Crippen molar-refractivity contribution in [3.63, 3.8) is 0 Å². The molecule has 0 aliphatic carbocycles. The lowest BCUT2D eigenvalue weighted by atomic mass is 10.0. The zero-order valence-corrected chi connectivity index (χ0v) is 17.2. The smallest absolute Gasteiger partial charge is 0.341 e. The first-order chi connectivity index (χ1) is 13.6. The van der Waals surface area contributed by atoms with Gasteiger partial charge in [0.2, 0.25) is 10.0 Å². The number of carbonyl (C=O) groups is 2. The van der Waals surface area contributed by atoms with E-state index in [4.69, 9.17) is 4.74 Å². The molecule has 2 aromatic carbocycles. The molecule has 7 nitrogen and oxygen atoms in total. The molecule has 0 bridgehead atoms. The summed E-state index contributed by atoms with van der Waals surface area (Å²) in [5.74, 6) is -2.55. The number of benzene rings is 2. The zero-order valence-electron chi connectivity index (χ0n) is 16.4. The van der Waals surface area contributed by atoms with Crippen LogP contribution < -0.4 is 5.32 Å². The number of hydrogen-bond acceptors (Lipinski definition) is 5. The van der Waals surface area contributed by atoms with Crippen molar-refractivity contribution in [3.05, 3.63) is 65.5 Å². The number of hydrogen-bond donors (Lipinski definition) is 1. The van der Waals surface area contributed by atoms with Gasteiger partial charge in [-0.2, -0.15) is 0 Å². The average Bonchev–Trinajstić information content (AvgIpc) is 2.70. The Morgan fingerprint density at radius 3 is 2.41 bits per heavy atom. The lowest BCUT2D eigenvalue weighted by Gasteiger charge is -2.14. The second-order valence-electron chi connectivity index (χ2n) is 6.62. The normalized spacial score (nSPS) is 12.4. The summed E-state index contributed by atoms with van der Waals surface area (Å²) in [6.07, 6.45) is 0. The minimum absolute atomic E-state index is 0.0567. The van der Waals surface area contributed by atoms with E-state index in [1.807, 2.05) is 37.3 Å². The van der Waals surface area contributed by atoms with Crippen LogP contribution >= 0.6 is 0 Å². The quantitative estimate of drug-likeness (QED) is 0.658. The number of amides is 1. The molecular formula is C20H23FN2O5S. The summed E-state index contributed by atoms with van der Waals surface area (Å²) in [7, 11) is -1.21. The van der Waals surface area contributed by atoms with Crippen LogP contribution in [-0.4, -0.2) is 51.8 Å². The number of nitrogens with zero attached hydrogens (tertiary/aromatic N) is 1. The fourth-order valence-electron chi connectivity index (χ4n) is 2.46. The number of ether oxygens (including phenoxy) is 1. The molecule has 0 aliphatic rings. The SMILES string of the molecule is C[C@H](CNC(=O)COC(=O)c1cc(S(=O)(=O)N(C)C)ccc1F)c1ccccc1. The maximum Gasteiger partial charge on any atom is 0.341 e. The van der Waals surface area contributed by atoms with Gasteiger partial charge in [0.25, 0.3) is 5.91 Å². The van der Waals surface area contributed by atoms with E-state index in [2.05, 4.69) is 5.32 Å². The highest BCUT2D eigenvalue weighted by atomic mass is 32.2. The van der Waals surface area contributed by atoms with Crippen LogP contribution in [0, 0.1) is 5.82 Å². The molecule has 1 N–H and O–H groups in total. The van der Waals surface area contributed by atoms with Gasteiger partial charge >= 0.3 is 5.97 Å². The molecule has 1 atom stereocenters. The third-order valence-electron chi connectivity index (χ3n) is 4.24. The van der Waals surface area contributed by atoms with Gasteiger partial charge in [-0.1, -0.05) is 37.3 Å². The fourth-order valence-corrected chi connectivity index (χ4v) is 3.39. The van der Waals surface area contributed by atoms with E-state index < -0.39 is 39.9 Å². The molecular weight excluding hydrogens is 399 g/mol. The zero-order chi connectivity index (χ0) is 21.6. The third kappa shape index (κ3) is 5.85. The van der Waals surface area contributed by atoms with Gasteiger partial charge < -0.3 is 10.1 Å². The van der Waals surface area contributed by atoms with Crippen LogP contribution in [-0.2, 0) is 19.6 Å². The van der Waals surface area contributed by atoms with E-state index in [0.717, 1.165) is 28.1 Å². The Hall–Kier alpha value is -2.78. The van der Waals surface area contributed by atoms with Gasteiger partial charge in [-0.15, -0.1) is 0 Å². The minimum atomic E-state index is -3.85. The van der Waals surface area contributed by atoms with Crippen LogP contribution in [0.2, 0.25) is 0 Å². The van der Waals surface area contributed by atoms with Crippen LogP contribution in [0.15, 0.2) is 53.4 Å². The van der Waals surface area contributed by atoms with Crippen LogP contribution in [0.1, 0.15) is 28.8 Å². The molecule has 2 aromatic rings. The van der Waals surface area contributed by atoms with Gasteiger partial charge in [-0.05, 0) is 29.7 Å². The maximum atomic E-state index is 14.0. The van der Waals surface area contributed by atoms with Gasteiger partial charge in [-0.3, -0.25) is 4.79 Å². The Balaban J connectivity index is 1.96. The molecule has 9 heteroatoms. The van der Waals surface area contributed by atoms with E-state index in [9.17, 15) is 22.4 Å². The molecule has 29 heavy (non-hydrogen) atoms. The first-order valence-corrected chi connectivity index (χ1v) is 10.3. The molecule has 0 aromatic heterocycles. The number of nitrogens with one attached hydrogen (secondary N) is 1. The van der Waals surface area contributed by atoms with Crippen molar-refractivity contribution < 1.29 is 27.1 Å². The average molecular weight is 422 g/mol. The molecule has 0 heterocycles. The largest absolute Gasteiger partial charge is 0.452 e. The van der Waals surface area contributed by atoms with Crippen LogP contribution in [0.4, 0.5) is 4.39 Å². The number of carbonyl (C=O) groups excluding carboxylic acids is 2. The van der Waals surface area contributed by atoms with E-state index in [1.165, 1.54) is 14.1 Å². The van der Waals surface area contributed by atoms with Gasteiger partial charge in [0, 0.05) is 20.6 Å². The van der Waals surface area contributed by atoms with E-state index in [1.54, 1.807) is 0 Å². The van der Waals surface area contributed by atoms with E-state index in [0.29, 0.717) is 6.54 Å². The van der Waals surface area contributed by atoms with Gasteiger partial charge in [-0.25, -0.2) is 21.9 Å². The Kier molecular flexibility index (Phi) is 7.46. The van der Waals surface area contributed by atoms with Gasteiger partial charge in [0.1, 0.15) is 5.82 Å². The van der Waals surface area contributed by atoms with Crippen molar-refractivity contribution in [3.8, 4) is 0 Å². The Labute approximate surface area is 169 Å². The summed E-state index contributed by atoms with van der Waals surface area (Å²) in [6, 6.07) is 12.4. The predicted octanol–water partition coefficient (Wildman–Crippen LogP) is 2.15. The molecule has 0 radical (unpaired) electrons. The highest BCUT2D eigenvalue weighted by molar-refractivity contribution is 7.89. The first-order valence-electron chi connectivity index (χ1n) is 8.83. The predicted molar refractivity (Wildman–Crippen MR) is 105 cm³/mol. The van der Waals surface area contributed by atoms with Crippen LogP contribution in [0.25, 0.3) is 0 Å². The Morgan fingerprint density at radius 2 is 1.79 bits per heavy atom. The number of halogens is 1. The summed E-state index contributed by atoms with van der Waals surface area (Å²) >= 11 is 0. The summed E-state index contributed by atoms with van der Waals surface area (Å²) in [5.41, 5.74) is 0.490. The molecule has 1 amide bonds. The third-order valence-corrected chi connectivity index (χ3v) is 6.06. The standard InChI is InChI=1S/C20H23FN2O5S/c1-14(15-7-5-4-6-8-15)12-22-19(24)13-28-20(25)17-11-16(9-10-18(17)21)29(26,27)23(2)3/h4-11,14H,12-13H2,1-3H3,(H,22,24)/t14-/m1/s1. The molecule has 0 saturated heterocycles. The monoisotopic (exact) mass is 422 g/mol.